The minimum absolute atomic E-state index is 0.155. The maximum absolute atomic E-state index is 11.5. The van der Waals surface area contributed by atoms with E-state index < -0.39 is 5.79 Å². The second kappa shape index (κ2) is 5.92. The van der Waals surface area contributed by atoms with Crippen molar-refractivity contribution in [2.75, 3.05) is 0 Å². The van der Waals surface area contributed by atoms with E-state index in [1.807, 2.05) is 13.8 Å². The van der Waals surface area contributed by atoms with Crippen LogP contribution in [0.1, 0.15) is 59.3 Å². The molecule has 3 heteroatoms. The fourth-order valence-corrected chi connectivity index (χ4v) is 1.79. The van der Waals surface area contributed by atoms with E-state index in [1.54, 1.807) is 6.26 Å². The standard InChI is InChI=1S/C13H22O3/c1-4-7-12(14)16-13(6-3)9-8-11(5-2)10-15-13/h10H,4-9H2,1-3H3. The molecular weight excluding hydrogens is 204 g/mol. The van der Waals surface area contributed by atoms with Crippen LogP contribution in [-0.4, -0.2) is 11.8 Å². The first-order chi connectivity index (χ1) is 7.65. The summed E-state index contributed by atoms with van der Waals surface area (Å²) in [4.78, 5) is 11.5. The molecule has 3 nitrogen and oxygen atoms in total. The molecule has 0 radical (unpaired) electrons. The van der Waals surface area contributed by atoms with Gasteiger partial charge in [0.1, 0.15) is 0 Å². The number of carbonyl (C=O) groups excluding carboxylic acids is 1. The highest BCUT2D eigenvalue weighted by molar-refractivity contribution is 5.69. The Bertz CT molecular complexity index is 270. The predicted octanol–water partition coefficient (Wildman–Crippen LogP) is 3.54. The Morgan fingerprint density at radius 2 is 2.25 bits per heavy atom. The summed E-state index contributed by atoms with van der Waals surface area (Å²) in [5, 5.41) is 0. The van der Waals surface area contributed by atoms with Gasteiger partial charge in [0.05, 0.1) is 6.26 Å². The van der Waals surface area contributed by atoms with Crippen molar-refractivity contribution in [3.05, 3.63) is 11.8 Å². The first-order valence-electron chi connectivity index (χ1n) is 6.23. The SMILES string of the molecule is CCCC(=O)OC1(CC)CCC(CC)=CO1. The van der Waals surface area contributed by atoms with Crippen molar-refractivity contribution in [1.82, 2.24) is 0 Å². The molecule has 0 aromatic rings. The Kier molecular flexibility index (Phi) is 4.84. The van der Waals surface area contributed by atoms with Crippen LogP contribution in [0, 0.1) is 0 Å². The third kappa shape index (κ3) is 3.26. The molecule has 0 amide bonds. The second-order valence-electron chi connectivity index (χ2n) is 4.24. The van der Waals surface area contributed by atoms with Crippen LogP contribution in [0.4, 0.5) is 0 Å². The quantitative estimate of drug-likeness (QED) is 0.673. The van der Waals surface area contributed by atoms with Crippen LogP contribution in [0.5, 0.6) is 0 Å². The molecule has 0 N–H and O–H groups in total. The van der Waals surface area contributed by atoms with Crippen molar-refractivity contribution in [1.29, 1.82) is 0 Å². The molecule has 0 aromatic carbocycles. The summed E-state index contributed by atoms with van der Waals surface area (Å²) >= 11 is 0. The Hall–Kier alpha value is -0.990. The van der Waals surface area contributed by atoms with Gasteiger partial charge in [-0.15, -0.1) is 0 Å². The number of allylic oxidation sites excluding steroid dienone is 1. The van der Waals surface area contributed by atoms with Gasteiger partial charge >= 0.3 is 5.97 Å². The molecule has 1 heterocycles. The summed E-state index contributed by atoms with van der Waals surface area (Å²) in [6, 6.07) is 0. The van der Waals surface area contributed by atoms with Crippen LogP contribution in [0.15, 0.2) is 11.8 Å². The minimum Gasteiger partial charge on any atom is -0.460 e. The monoisotopic (exact) mass is 226 g/mol. The summed E-state index contributed by atoms with van der Waals surface area (Å²) in [6.45, 7) is 6.07. The zero-order chi connectivity index (χ0) is 12.0. The molecule has 0 saturated carbocycles. The van der Waals surface area contributed by atoms with Crippen molar-refractivity contribution in [3.8, 4) is 0 Å². The molecule has 1 rings (SSSR count). The highest BCUT2D eigenvalue weighted by atomic mass is 16.7. The Morgan fingerprint density at radius 3 is 2.69 bits per heavy atom. The fourth-order valence-electron chi connectivity index (χ4n) is 1.79. The van der Waals surface area contributed by atoms with Crippen LogP contribution in [0.2, 0.25) is 0 Å². The van der Waals surface area contributed by atoms with Gasteiger partial charge in [0.15, 0.2) is 0 Å². The van der Waals surface area contributed by atoms with E-state index in [2.05, 4.69) is 6.92 Å². The van der Waals surface area contributed by atoms with E-state index in [9.17, 15) is 4.79 Å². The van der Waals surface area contributed by atoms with Crippen molar-refractivity contribution >= 4 is 5.97 Å². The molecule has 1 atom stereocenters. The number of esters is 1. The molecule has 0 aliphatic carbocycles. The van der Waals surface area contributed by atoms with E-state index >= 15 is 0 Å². The average molecular weight is 226 g/mol. The molecule has 0 spiro atoms. The lowest BCUT2D eigenvalue weighted by Crippen LogP contribution is -2.38. The van der Waals surface area contributed by atoms with E-state index in [0.717, 1.165) is 25.7 Å². The summed E-state index contributed by atoms with van der Waals surface area (Å²) in [5.41, 5.74) is 1.29. The lowest BCUT2D eigenvalue weighted by Gasteiger charge is -2.35. The lowest BCUT2D eigenvalue weighted by atomic mass is 9.99. The van der Waals surface area contributed by atoms with Gasteiger partial charge in [-0.25, -0.2) is 0 Å². The molecule has 1 aliphatic rings. The molecule has 92 valence electrons. The second-order valence-corrected chi connectivity index (χ2v) is 4.24. The molecule has 0 bridgehead atoms. The fraction of sp³-hybridized carbons (Fsp3) is 0.769. The van der Waals surface area contributed by atoms with Crippen molar-refractivity contribution in [3.63, 3.8) is 0 Å². The molecule has 16 heavy (non-hydrogen) atoms. The molecular formula is C13H22O3. The first-order valence-corrected chi connectivity index (χ1v) is 6.23. The van der Waals surface area contributed by atoms with Crippen LogP contribution < -0.4 is 0 Å². The van der Waals surface area contributed by atoms with E-state index in [0.29, 0.717) is 12.8 Å². The zero-order valence-electron chi connectivity index (χ0n) is 10.5. The molecule has 0 fully saturated rings. The summed E-state index contributed by atoms with van der Waals surface area (Å²) in [5.74, 6) is -0.858. The highest BCUT2D eigenvalue weighted by Gasteiger charge is 2.35. The van der Waals surface area contributed by atoms with Gasteiger partial charge in [-0.1, -0.05) is 20.8 Å². The Labute approximate surface area is 97.8 Å². The van der Waals surface area contributed by atoms with Crippen LogP contribution >= 0.6 is 0 Å². The number of ether oxygens (including phenoxy) is 2. The predicted molar refractivity (Wildman–Crippen MR) is 62.7 cm³/mol. The largest absolute Gasteiger partial charge is 0.460 e. The van der Waals surface area contributed by atoms with Gasteiger partial charge in [-0.3, -0.25) is 4.79 Å². The van der Waals surface area contributed by atoms with Crippen molar-refractivity contribution in [2.45, 2.75) is 65.1 Å². The zero-order valence-corrected chi connectivity index (χ0v) is 10.5. The Morgan fingerprint density at radius 1 is 1.50 bits per heavy atom. The van der Waals surface area contributed by atoms with E-state index in [4.69, 9.17) is 9.47 Å². The third-order valence-corrected chi connectivity index (χ3v) is 3.01. The van der Waals surface area contributed by atoms with Gasteiger partial charge in [-0.05, 0) is 24.8 Å². The minimum atomic E-state index is -0.703. The highest BCUT2D eigenvalue weighted by Crippen LogP contribution is 2.32. The first kappa shape index (κ1) is 13.1. The summed E-state index contributed by atoms with van der Waals surface area (Å²) in [7, 11) is 0. The average Bonchev–Trinajstić information content (AvgIpc) is 2.30. The van der Waals surface area contributed by atoms with Crippen LogP contribution in [0.25, 0.3) is 0 Å². The van der Waals surface area contributed by atoms with Crippen molar-refractivity contribution < 1.29 is 14.3 Å². The van der Waals surface area contributed by atoms with E-state index in [-0.39, 0.29) is 5.97 Å². The molecule has 0 aromatic heterocycles. The summed E-state index contributed by atoms with van der Waals surface area (Å²) in [6.07, 6.45) is 6.50. The maximum Gasteiger partial charge on any atom is 0.309 e. The van der Waals surface area contributed by atoms with Gasteiger partial charge in [0.25, 0.3) is 5.79 Å². The van der Waals surface area contributed by atoms with Gasteiger partial charge in [0, 0.05) is 19.3 Å². The summed E-state index contributed by atoms with van der Waals surface area (Å²) < 4.78 is 11.1. The molecule has 1 unspecified atom stereocenters. The third-order valence-electron chi connectivity index (χ3n) is 3.01. The van der Waals surface area contributed by atoms with Gasteiger partial charge in [-0.2, -0.15) is 0 Å². The normalized spacial score (nSPS) is 24.6. The molecule has 0 saturated heterocycles. The number of carbonyl (C=O) groups is 1. The molecule has 1 aliphatic heterocycles. The topological polar surface area (TPSA) is 35.5 Å². The smallest absolute Gasteiger partial charge is 0.309 e. The number of rotatable bonds is 5. The van der Waals surface area contributed by atoms with Gasteiger partial charge in [0.2, 0.25) is 0 Å². The van der Waals surface area contributed by atoms with Crippen LogP contribution in [-0.2, 0) is 14.3 Å². The van der Waals surface area contributed by atoms with Gasteiger partial charge < -0.3 is 9.47 Å². The number of hydrogen-bond acceptors (Lipinski definition) is 3. The van der Waals surface area contributed by atoms with Crippen LogP contribution in [0.3, 0.4) is 0 Å². The maximum atomic E-state index is 11.5. The Balaban J connectivity index is 2.59. The van der Waals surface area contributed by atoms with E-state index in [1.165, 1.54) is 5.57 Å². The lowest BCUT2D eigenvalue weighted by molar-refractivity contribution is -0.219. The number of hydrogen-bond donors (Lipinski definition) is 0. The van der Waals surface area contributed by atoms with Crippen molar-refractivity contribution in [2.24, 2.45) is 0 Å².